The Kier molecular flexibility index (Phi) is 5.66. The number of hydrogen-bond donors (Lipinski definition) is 1. The van der Waals surface area contributed by atoms with Crippen molar-refractivity contribution in [3.8, 4) is 0 Å². The van der Waals surface area contributed by atoms with Gasteiger partial charge in [-0.2, -0.15) is 0 Å². The van der Waals surface area contributed by atoms with Gasteiger partial charge in [0.25, 0.3) is 0 Å². The molecule has 2 heterocycles. The molecule has 146 valence electrons. The lowest BCUT2D eigenvalue weighted by atomic mass is 10.1. The van der Waals surface area contributed by atoms with Crippen molar-refractivity contribution >= 4 is 17.5 Å². The minimum atomic E-state index is -0.317. The van der Waals surface area contributed by atoms with E-state index >= 15 is 0 Å². The molecule has 1 unspecified atom stereocenters. The summed E-state index contributed by atoms with van der Waals surface area (Å²) in [4.78, 5) is 30.7. The van der Waals surface area contributed by atoms with E-state index in [0.717, 1.165) is 17.7 Å². The third-order valence-electron chi connectivity index (χ3n) is 5.18. The third kappa shape index (κ3) is 4.88. The molecular formula is C24H23N3O2. The van der Waals surface area contributed by atoms with Gasteiger partial charge in [0.15, 0.2) is 0 Å². The van der Waals surface area contributed by atoms with Crippen molar-refractivity contribution in [1.82, 2.24) is 9.88 Å². The Morgan fingerprint density at radius 3 is 2.34 bits per heavy atom. The standard InChI is InChI=1S/C24H23N3O2/c28-23-15-21(17-27(23)16-20-4-2-1-3-5-20)24(29)26-22-8-6-18(7-9-22)14-19-10-12-25-13-11-19/h1-13,21H,14-17H2,(H,26,29). The first-order valence-corrected chi connectivity index (χ1v) is 9.78. The van der Waals surface area contributed by atoms with E-state index in [2.05, 4.69) is 10.3 Å². The van der Waals surface area contributed by atoms with Crippen LogP contribution >= 0.6 is 0 Å². The van der Waals surface area contributed by atoms with Crippen LogP contribution in [0, 0.1) is 5.92 Å². The minimum Gasteiger partial charge on any atom is -0.338 e. The quantitative estimate of drug-likeness (QED) is 0.704. The molecule has 0 bridgehead atoms. The van der Waals surface area contributed by atoms with Crippen molar-refractivity contribution in [2.45, 2.75) is 19.4 Å². The summed E-state index contributed by atoms with van der Waals surface area (Å²) in [6.45, 7) is 1.01. The number of carbonyl (C=O) groups excluding carboxylic acids is 2. The molecule has 1 aromatic heterocycles. The van der Waals surface area contributed by atoms with Crippen LogP contribution < -0.4 is 5.32 Å². The van der Waals surface area contributed by atoms with Gasteiger partial charge in [-0.15, -0.1) is 0 Å². The second-order valence-corrected chi connectivity index (χ2v) is 7.38. The highest BCUT2D eigenvalue weighted by molar-refractivity contribution is 5.97. The molecule has 5 heteroatoms. The normalized spacial score (nSPS) is 16.1. The number of rotatable bonds is 6. The number of benzene rings is 2. The summed E-state index contributed by atoms with van der Waals surface area (Å²) < 4.78 is 0. The van der Waals surface area contributed by atoms with Crippen LogP contribution in [-0.4, -0.2) is 28.2 Å². The zero-order chi connectivity index (χ0) is 20.1. The molecular weight excluding hydrogens is 362 g/mol. The molecule has 0 spiro atoms. The molecule has 4 rings (SSSR count). The molecule has 1 N–H and O–H groups in total. The third-order valence-corrected chi connectivity index (χ3v) is 5.18. The molecule has 1 atom stereocenters. The second-order valence-electron chi connectivity index (χ2n) is 7.38. The molecule has 0 saturated carbocycles. The lowest BCUT2D eigenvalue weighted by Crippen LogP contribution is -2.28. The Morgan fingerprint density at radius 2 is 1.62 bits per heavy atom. The van der Waals surface area contributed by atoms with Crippen LogP contribution in [0.15, 0.2) is 79.1 Å². The van der Waals surface area contributed by atoms with Gasteiger partial charge >= 0.3 is 0 Å². The van der Waals surface area contributed by atoms with Gasteiger partial charge < -0.3 is 10.2 Å². The molecule has 1 aliphatic rings. The molecule has 29 heavy (non-hydrogen) atoms. The molecule has 1 fully saturated rings. The zero-order valence-electron chi connectivity index (χ0n) is 16.1. The number of nitrogens with one attached hydrogen (secondary N) is 1. The second kappa shape index (κ2) is 8.69. The zero-order valence-corrected chi connectivity index (χ0v) is 16.1. The SMILES string of the molecule is O=C(Nc1ccc(Cc2ccncc2)cc1)C1CC(=O)N(Cc2ccccc2)C1. The summed E-state index contributed by atoms with van der Waals surface area (Å²) in [6.07, 6.45) is 4.66. The van der Waals surface area contributed by atoms with E-state index in [9.17, 15) is 9.59 Å². The number of hydrogen-bond acceptors (Lipinski definition) is 3. The van der Waals surface area contributed by atoms with Gasteiger partial charge in [-0.05, 0) is 47.4 Å². The molecule has 0 radical (unpaired) electrons. The summed E-state index contributed by atoms with van der Waals surface area (Å²) in [5, 5.41) is 2.95. The maximum Gasteiger partial charge on any atom is 0.229 e. The van der Waals surface area contributed by atoms with Gasteiger partial charge in [-0.1, -0.05) is 42.5 Å². The molecule has 2 aromatic carbocycles. The topological polar surface area (TPSA) is 62.3 Å². The summed E-state index contributed by atoms with van der Waals surface area (Å²) in [6, 6.07) is 21.7. The Labute approximate surface area is 170 Å². The van der Waals surface area contributed by atoms with Gasteiger partial charge in [0.2, 0.25) is 11.8 Å². The van der Waals surface area contributed by atoms with Crippen LogP contribution in [0.3, 0.4) is 0 Å². The maximum absolute atomic E-state index is 12.6. The first-order chi connectivity index (χ1) is 14.2. The fourth-order valence-corrected chi connectivity index (χ4v) is 3.59. The predicted octanol–water partition coefficient (Wildman–Crippen LogP) is 3.66. The Bertz CT molecular complexity index is 972. The van der Waals surface area contributed by atoms with Gasteiger partial charge in [-0.25, -0.2) is 0 Å². The van der Waals surface area contributed by atoms with Gasteiger partial charge in [0.05, 0.1) is 5.92 Å². The number of aromatic nitrogens is 1. The fourth-order valence-electron chi connectivity index (χ4n) is 3.59. The van der Waals surface area contributed by atoms with E-state index in [-0.39, 0.29) is 24.2 Å². The Balaban J connectivity index is 1.33. The number of nitrogens with zero attached hydrogens (tertiary/aromatic N) is 2. The summed E-state index contributed by atoms with van der Waals surface area (Å²) in [7, 11) is 0. The number of amides is 2. The van der Waals surface area contributed by atoms with Crippen molar-refractivity contribution < 1.29 is 9.59 Å². The maximum atomic E-state index is 12.6. The number of pyridine rings is 1. The van der Waals surface area contributed by atoms with Gasteiger partial charge in [-0.3, -0.25) is 14.6 Å². The molecule has 1 aliphatic heterocycles. The lowest BCUT2D eigenvalue weighted by Gasteiger charge is -2.16. The van der Waals surface area contributed by atoms with E-state index in [1.807, 2.05) is 66.7 Å². The average molecular weight is 385 g/mol. The minimum absolute atomic E-state index is 0.0294. The van der Waals surface area contributed by atoms with Crippen molar-refractivity contribution in [2.75, 3.05) is 11.9 Å². The van der Waals surface area contributed by atoms with Gasteiger partial charge in [0, 0.05) is 37.6 Å². The van der Waals surface area contributed by atoms with E-state index in [1.165, 1.54) is 11.1 Å². The van der Waals surface area contributed by atoms with Crippen LogP contribution in [0.25, 0.3) is 0 Å². The Hall–Kier alpha value is -3.47. The van der Waals surface area contributed by atoms with E-state index < -0.39 is 0 Å². The summed E-state index contributed by atoms with van der Waals surface area (Å²) in [5.41, 5.74) is 4.19. The highest BCUT2D eigenvalue weighted by atomic mass is 16.2. The molecule has 0 aliphatic carbocycles. The van der Waals surface area contributed by atoms with Crippen LogP contribution in [0.4, 0.5) is 5.69 Å². The molecule has 5 nitrogen and oxygen atoms in total. The number of anilines is 1. The van der Waals surface area contributed by atoms with Crippen molar-refractivity contribution in [3.63, 3.8) is 0 Å². The van der Waals surface area contributed by atoms with Crippen LogP contribution in [0.5, 0.6) is 0 Å². The smallest absolute Gasteiger partial charge is 0.229 e. The molecule has 1 saturated heterocycles. The summed E-state index contributed by atoms with van der Waals surface area (Å²) in [5.74, 6) is -0.389. The van der Waals surface area contributed by atoms with Crippen molar-refractivity contribution in [3.05, 3.63) is 95.8 Å². The largest absolute Gasteiger partial charge is 0.338 e. The highest BCUT2D eigenvalue weighted by Gasteiger charge is 2.34. The Morgan fingerprint density at radius 1 is 0.931 bits per heavy atom. The van der Waals surface area contributed by atoms with Crippen LogP contribution in [0.1, 0.15) is 23.1 Å². The van der Waals surface area contributed by atoms with E-state index in [4.69, 9.17) is 0 Å². The first-order valence-electron chi connectivity index (χ1n) is 9.78. The average Bonchev–Trinajstić information content (AvgIpc) is 3.11. The molecule has 2 amide bonds. The van der Waals surface area contributed by atoms with Crippen LogP contribution in [0.2, 0.25) is 0 Å². The van der Waals surface area contributed by atoms with E-state index in [1.54, 1.807) is 17.3 Å². The first kappa shape index (κ1) is 18.9. The lowest BCUT2D eigenvalue weighted by molar-refractivity contribution is -0.128. The van der Waals surface area contributed by atoms with E-state index in [0.29, 0.717) is 13.1 Å². The van der Waals surface area contributed by atoms with Crippen molar-refractivity contribution in [1.29, 1.82) is 0 Å². The molecule has 3 aromatic rings. The monoisotopic (exact) mass is 385 g/mol. The fraction of sp³-hybridized carbons (Fsp3) is 0.208. The predicted molar refractivity (Wildman–Crippen MR) is 112 cm³/mol. The van der Waals surface area contributed by atoms with Crippen LogP contribution in [-0.2, 0) is 22.6 Å². The highest BCUT2D eigenvalue weighted by Crippen LogP contribution is 2.22. The summed E-state index contributed by atoms with van der Waals surface area (Å²) >= 11 is 0. The number of likely N-dealkylation sites (tertiary alicyclic amines) is 1. The number of carbonyl (C=O) groups is 2. The van der Waals surface area contributed by atoms with Gasteiger partial charge in [0.1, 0.15) is 0 Å². The van der Waals surface area contributed by atoms with Crippen molar-refractivity contribution in [2.24, 2.45) is 5.92 Å².